The van der Waals surface area contributed by atoms with Crippen LogP contribution in [0.3, 0.4) is 0 Å². The van der Waals surface area contributed by atoms with Crippen LogP contribution < -0.4 is 5.73 Å². The minimum atomic E-state index is -0.192. The average Bonchev–Trinajstić information content (AvgIpc) is 3.20. The first kappa shape index (κ1) is 16.3. The molecule has 0 radical (unpaired) electrons. The van der Waals surface area contributed by atoms with Gasteiger partial charge < -0.3 is 10.6 Å². The second-order valence-corrected chi connectivity index (χ2v) is 7.38. The van der Waals surface area contributed by atoms with E-state index in [0.717, 1.165) is 17.3 Å². The molecule has 0 bridgehead atoms. The van der Waals surface area contributed by atoms with Gasteiger partial charge in [0.15, 0.2) is 5.17 Å². The zero-order valence-corrected chi connectivity index (χ0v) is 14.2. The largest absolute Gasteiger partial charge is 0.379 e. The summed E-state index contributed by atoms with van der Waals surface area (Å²) in [6.07, 6.45) is 1.84. The molecule has 0 saturated heterocycles. The molecule has 1 heterocycles. The fraction of sp³-hybridized carbons (Fsp3) is 0.429. The number of carbonyl (C=O) groups is 1. The van der Waals surface area contributed by atoms with E-state index in [1.165, 1.54) is 11.0 Å². The van der Waals surface area contributed by atoms with Crippen molar-refractivity contribution in [2.24, 2.45) is 16.6 Å². The van der Waals surface area contributed by atoms with Gasteiger partial charge in [-0.15, -0.1) is 0 Å². The molecule has 21 heavy (non-hydrogen) atoms. The summed E-state index contributed by atoms with van der Waals surface area (Å²) in [4.78, 5) is 15.2. The third-order valence-electron chi connectivity index (χ3n) is 3.21. The molecule has 2 aliphatic rings. The fourth-order valence-corrected chi connectivity index (χ4v) is 3.62. The summed E-state index contributed by atoms with van der Waals surface area (Å²) in [5, 5.41) is 1.13. The number of nitrogens with two attached hydrogens (primary N) is 1. The Kier molecular flexibility index (Phi) is 5.27. The van der Waals surface area contributed by atoms with Crippen molar-refractivity contribution in [1.29, 1.82) is 0 Å². The second-order valence-electron chi connectivity index (χ2n) is 5.20. The van der Waals surface area contributed by atoms with Gasteiger partial charge in [0.25, 0.3) is 0 Å². The Balaban J connectivity index is 0.000000282. The predicted octanol–water partition coefficient (Wildman–Crippen LogP) is 2.78. The Morgan fingerprint density at radius 2 is 2.19 bits per heavy atom. The summed E-state index contributed by atoms with van der Waals surface area (Å²) in [6, 6.07) is 4.89. The monoisotopic (exact) mass is 373 g/mol. The summed E-state index contributed by atoms with van der Waals surface area (Å²) in [5.74, 6) is 0.267. The summed E-state index contributed by atoms with van der Waals surface area (Å²) < 4.78 is 14.6. The van der Waals surface area contributed by atoms with E-state index in [1.807, 2.05) is 6.07 Å². The van der Waals surface area contributed by atoms with E-state index in [4.69, 9.17) is 5.73 Å². The fourth-order valence-electron chi connectivity index (χ4n) is 2.12. The van der Waals surface area contributed by atoms with Crippen molar-refractivity contribution < 1.29 is 9.18 Å². The number of rotatable bonds is 2. The van der Waals surface area contributed by atoms with Crippen LogP contribution in [0.4, 0.5) is 4.39 Å². The van der Waals surface area contributed by atoms with E-state index in [2.05, 4.69) is 20.9 Å². The molecule has 3 atom stereocenters. The van der Waals surface area contributed by atoms with Gasteiger partial charge in [0.2, 0.25) is 6.41 Å². The number of carbonyl (C=O) groups excluding carboxylic acids is 1. The maximum Gasteiger partial charge on any atom is 0.209 e. The molecular weight excluding hydrogens is 357 g/mol. The van der Waals surface area contributed by atoms with Crippen molar-refractivity contribution in [3.8, 4) is 0 Å². The van der Waals surface area contributed by atoms with Gasteiger partial charge in [0.05, 0.1) is 6.04 Å². The molecule has 7 heteroatoms. The normalized spacial score (nSPS) is 25.9. The molecule has 3 rings (SSSR count). The van der Waals surface area contributed by atoms with Crippen molar-refractivity contribution in [1.82, 2.24) is 4.90 Å². The molecule has 3 unspecified atom stereocenters. The number of hydrogen-bond donors (Lipinski definition) is 1. The number of fused-ring (bicyclic) bond motifs is 1. The number of aliphatic imine (C=N–C) groups is 1. The van der Waals surface area contributed by atoms with Crippen LogP contribution in [-0.2, 0) is 4.79 Å². The predicted molar refractivity (Wildman–Crippen MR) is 87.7 cm³/mol. The molecule has 2 N–H and O–H groups in total. The standard InChI is InChI=1S/C11H10BrFN2S.C3H7NO/c12-5-1-2-8(13)6(3-5)10-7-4-9(7)16-11(14)15-10;1-4(2)3-5/h1-3,7,9-10H,4H2,(H2,14,15);3H,1-2H3. The zero-order valence-electron chi connectivity index (χ0n) is 11.8. The molecule has 1 aliphatic carbocycles. The van der Waals surface area contributed by atoms with Crippen molar-refractivity contribution in [3.05, 3.63) is 34.1 Å². The zero-order chi connectivity index (χ0) is 15.6. The molecule has 4 nitrogen and oxygen atoms in total. The van der Waals surface area contributed by atoms with Gasteiger partial charge >= 0.3 is 0 Å². The molecule has 1 saturated carbocycles. The van der Waals surface area contributed by atoms with Gasteiger partial charge in [-0.2, -0.15) is 0 Å². The van der Waals surface area contributed by atoms with Gasteiger partial charge in [0, 0.05) is 29.4 Å². The Morgan fingerprint density at radius 3 is 2.81 bits per heavy atom. The number of nitrogens with zero attached hydrogens (tertiary/aromatic N) is 2. The highest BCUT2D eigenvalue weighted by Crippen LogP contribution is 2.54. The third kappa shape index (κ3) is 4.20. The molecule has 0 aromatic heterocycles. The molecule has 0 spiro atoms. The lowest BCUT2D eigenvalue weighted by molar-refractivity contribution is -0.115. The molecule has 1 aromatic rings. The lowest BCUT2D eigenvalue weighted by Gasteiger charge is -2.18. The van der Waals surface area contributed by atoms with Crippen LogP contribution in [0.2, 0.25) is 0 Å². The Hall–Kier alpha value is -1.08. The SMILES string of the molecule is CN(C)C=O.NC1=NC(c2cc(Br)ccc2F)C2CC2S1. The maximum atomic E-state index is 13.7. The smallest absolute Gasteiger partial charge is 0.209 e. The highest BCUT2D eigenvalue weighted by molar-refractivity contribution is 9.10. The minimum absolute atomic E-state index is 0.0938. The van der Waals surface area contributed by atoms with Gasteiger partial charge in [0.1, 0.15) is 5.82 Å². The lowest BCUT2D eigenvalue weighted by atomic mass is 10.0. The topological polar surface area (TPSA) is 58.7 Å². The first-order valence-electron chi connectivity index (χ1n) is 6.49. The number of amides is 1. The second kappa shape index (κ2) is 6.79. The van der Waals surface area contributed by atoms with Crippen LogP contribution in [-0.4, -0.2) is 35.8 Å². The van der Waals surface area contributed by atoms with Crippen molar-refractivity contribution in [2.75, 3.05) is 14.1 Å². The van der Waals surface area contributed by atoms with Crippen LogP contribution in [0.15, 0.2) is 27.7 Å². The summed E-state index contributed by atoms with van der Waals surface area (Å²) in [5.41, 5.74) is 6.40. The highest BCUT2D eigenvalue weighted by Gasteiger charge is 2.48. The quantitative estimate of drug-likeness (QED) is 0.810. The van der Waals surface area contributed by atoms with E-state index < -0.39 is 0 Å². The maximum absolute atomic E-state index is 13.7. The number of benzene rings is 1. The Labute approximate surface area is 136 Å². The minimum Gasteiger partial charge on any atom is -0.379 e. The molecule has 1 aliphatic heterocycles. The number of thioether (sulfide) groups is 1. The van der Waals surface area contributed by atoms with Crippen LogP contribution >= 0.6 is 27.7 Å². The molecule has 1 amide bonds. The van der Waals surface area contributed by atoms with E-state index in [-0.39, 0.29) is 11.9 Å². The van der Waals surface area contributed by atoms with E-state index in [9.17, 15) is 9.18 Å². The molecule has 114 valence electrons. The van der Waals surface area contributed by atoms with E-state index >= 15 is 0 Å². The van der Waals surface area contributed by atoms with Crippen LogP contribution in [0.1, 0.15) is 18.0 Å². The number of halogens is 2. The van der Waals surface area contributed by atoms with Gasteiger partial charge in [-0.1, -0.05) is 27.7 Å². The van der Waals surface area contributed by atoms with Crippen LogP contribution in [0, 0.1) is 11.7 Å². The van der Waals surface area contributed by atoms with E-state index in [0.29, 0.717) is 21.9 Å². The highest BCUT2D eigenvalue weighted by atomic mass is 79.9. The van der Waals surface area contributed by atoms with E-state index in [1.54, 1.807) is 31.9 Å². The first-order valence-corrected chi connectivity index (χ1v) is 8.16. The van der Waals surface area contributed by atoms with Gasteiger partial charge in [-0.05, 0) is 30.5 Å². The first-order chi connectivity index (χ1) is 9.92. The number of amidine groups is 1. The summed E-state index contributed by atoms with van der Waals surface area (Å²) >= 11 is 4.98. The lowest BCUT2D eigenvalue weighted by Crippen LogP contribution is -2.17. The van der Waals surface area contributed by atoms with Crippen molar-refractivity contribution in [3.63, 3.8) is 0 Å². The molecular formula is C14H17BrFN3OS. The van der Waals surface area contributed by atoms with Crippen LogP contribution in [0.25, 0.3) is 0 Å². The summed E-state index contributed by atoms with van der Waals surface area (Å²) in [6.45, 7) is 0. The molecule has 1 aromatic carbocycles. The van der Waals surface area contributed by atoms with Crippen molar-refractivity contribution in [2.45, 2.75) is 17.7 Å². The Morgan fingerprint density at radius 1 is 1.52 bits per heavy atom. The van der Waals surface area contributed by atoms with Gasteiger partial charge in [-0.3, -0.25) is 9.79 Å². The van der Waals surface area contributed by atoms with Gasteiger partial charge in [-0.25, -0.2) is 4.39 Å². The third-order valence-corrected chi connectivity index (χ3v) is 4.90. The van der Waals surface area contributed by atoms with Crippen LogP contribution in [0.5, 0.6) is 0 Å². The Bertz CT molecular complexity index is 567. The van der Waals surface area contributed by atoms with Crippen molar-refractivity contribution >= 4 is 39.3 Å². The number of hydrogen-bond acceptors (Lipinski definition) is 4. The average molecular weight is 374 g/mol. The summed E-state index contributed by atoms with van der Waals surface area (Å²) in [7, 11) is 3.38. The molecule has 1 fully saturated rings.